The van der Waals surface area contributed by atoms with Crippen molar-refractivity contribution in [2.45, 2.75) is 31.6 Å². The van der Waals surface area contributed by atoms with Crippen molar-refractivity contribution >= 4 is 22.9 Å². The largest absolute Gasteiger partial charge is 0.431 e. The van der Waals surface area contributed by atoms with E-state index in [1.807, 2.05) is 24.3 Å². The van der Waals surface area contributed by atoms with Gasteiger partial charge in [0.1, 0.15) is 5.52 Å². The molecule has 0 aliphatic carbocycles. The molecule has 0 amide bonds. The summed E-state index contributed by atoms with van der Waals surface area (Å²) in [6, 6.07) is 7.85. The second kappa shape index (κ2) is 8.29. The molecule has 0 unspecified atom stereocenters. The van der Waals surface area contributed by atoms with Crippen molar-refractivity contribution in [3.8, 4) is 0 Å². The van der Waals surface area contributed by atoms with E-state index >= 15 is 0 Å². The first-order valence-corrected chi connectivity index (χ1v) is 8.05. The van der Waals surface area contributed by atoms with Crippen molar-refractivity contribution in [2.75, 3.05) is 25.4 Å². The molecule has 0 spiro atoms. The summed E-state index contributed by atoms with van der Waals surface area (Å²) in [4.78, 5) is 4.43. The number of para-hydroxylation sites is 2. The van der Waals surface area contributed by atoms with Gasteiger partial charge in [0.2, 0.25) is 0 Å². The van der Waals surface area contributed by atoms with Gasteiger partial charge in [-0.1, -0.05) is 23.9 Å². The zero-order valence-electron chi connectivity index (χ0n) is 12.1. The maximum Gasteiger partial charge on any atom is 0.256 e. The van der Waals surface area contributed by atoms with Gasteiger partial charge >= 0.3 is 0 Å². The van der Waals surface area contributed by atoms with Crippen molar-refractivity contribution in [2.24, 2.45) is 0 Å². The Balaban J connectivity index is 1.57. The van der Waals surface area contributed by atoms with Crippen molar-refractivity contribution in [1.29, 1.82) is 0 Å². The number of oxazole rings is 1. The van der Waals surface area contributed by atoms with Crippen LogP contribution in [-0.2, 0) is 4.74 Å². The fraction of sp³-hybridized carbons (Fsp3) is 0.533. The number of nitrogens with zero attached hydrogens (tertiary/aromatic N) is 1. The molecular formula is C15H22N2O2S. The second-order valence-corrected chi connectivity index (χ2v) is 5.87. The van der Waals surface area contributed by atoms with E-state index in [9.17, 15) is 0 Å². The van der Waals surface area contributed by atoms with Crippen molar-refractivity contribution in [1.82, 2.24) is 10.3 Å². The van der Waals surface area contributed by atoms with Crippen LogP contribution >= 0.6 is 11.8 Å². The molecule has 0 aliphatic heterocycles. The fourth-order valence-electron chi connectivity index (χ4n) is 1.76. The predicted octanol–water partition coefficient (Wildman–Crippen LogP) is 3.32. The summed E-state index contributed by atoms with van der Waals surface area (Å²) < 4.78 is 11.1. The van der Waals surface area contributed by atoms with Gasteiger partial charge in [0.25, 0.3) is 5.22 Å². The van der Waals surface area contributed by atoms with Gasteiger partial charge < -0.3 is 14.5 Å². The Labute approximate surface area is 124 Å². The quantitative estimate of drug-likeness (QED) is 0.568. The van der Waals surface area contributed by atoms with Crippen LogP contribution in [0.25, 0.3) is 11.1 Å². The summed E-state index contributed by atoms with van der Waals surface area (Å²) in [6.45, 7) is 6.88. The van der Waals surface area contributed by atoms with Crippen LogP contribution in [0.15, 0.2) is 33.9 Å². The van der Waals surface area contributed by atoms with Crippen molar-refractivity contribution in [3.05, 3.63) is 24.3 Å². The molecule has 0 atom stereocenters. The number of fused-ring (bicyclic) bond motifs is 1. The molecule has 0 fully saturated rings. The molecule has 1 N–H and O–H groups in total. The molecule has 110 valence electrons. The first-order chi connectivity index (χ1) is 9.75. The van der Waals surface area contributed by atoms with Crippen molar-refractivity contribution < 1.29 is 9.15 Å². The van der Waals surface area contributed by atoms with Gasteiger partial charge in [-0.2, -0.15) is 0 Å². The average Bonchev–Trinajstić information content (AvgIpc) is 2.84. The van der Waals surface area contributed by atoms with Crippen LogP contribution in [0, 0.1) is 0 Å². The lowest BCUT2D eigenvalue weighted by Crippen LogP contribution is -2.20. The average molecular weight is 294 g/mol. The summed E-state index contributed by atoms with van der Waals surface area (Å²) in [5.41, 5.74) is 1.78. The van der Waals surface area contributed by atoms with E-state index in [1.165, 1.54) is 0 Å². The zero-order chi connectivity index (χ0) is 14.2. The minimum atomic E-state index is 0.324. The molecular weight excluding hydrogens is 272 g/mol. The molecule has 0 bridgehead atoms. The van der Waals surface area contributed by atoms with Crippen LogP contribution in [0.1, 0.15) is 20.3 Å². The molecule has 0 saturated carbocycles. The first kappa shape index (κ1) is 15.4. The van der Waals surface area contributed by atoms with Crippen LogP contribution in [0.2, 0.25) is 0 Å². The smallest absolute Gasteiger partial charge is 0.256 e. The predicted molar refractivity (Wildman–Crippen MR) is 83.3 cm³/mol. The van der Waals surface area contributed by atoms with Crippen LogP contribution in [0.3, 0.4) is 0 Å². The third kappa shape index (κ3) is 5.15. The summed E-state index contributed by atoms with van der Waals surface area (Å²) >= 11 is 1.64. The molecule has 1 heterocycles. The second-order valence-electron chi connectivity index (χ2n) is 4.82. The third-order valence-corrected chi connectivity index (χ3v) is 3.56. The molecule has 5 heteroatoms. The Hall–Kier alpha value is -1.04. The SMILES string of the molecule is CC(C)OCCCNCCSc1nc2ccccc2o1. The summed E-state index contributed by atoms with van der Waals surface area (Å²) in [5.74, 6) is 0.956. The molecule has 1 aromatic carbocycles. The maximum absolute atomic E-state index is 5.64. The van der Waals surface area contributed by atoms with E-state index in [0.717, 1.165) is 48.2 Å². The van der Waals surface area contributed by atoms with Crippen LogP contribution in [0.5, 0.6) is 0 Å². The Morgan fingerprint density at radius 2 is 2.15 bits per heavy atom. The molecule has 4 nitrogen and oxygen atoms in total. The standard InChI is InChI=1S/C15H22N2O2S/c1-12(2)18-10-5-8-16-9-11-20-15-17-13-6-3-4-7-14(13)19-15/h3-4,6-7,12,16H,5,8-11H2,1-2H3. The molecule has 2 aromatic rings. The molecule has 1 aromatic heterocycles. The van der Waals surface area contributed by atoms with Gasteiger partial charge in [0.05, 0.1) is 6.10 Å². The van der Waals surface area contributed by atoms with E-state index in [1.54, 1.807) is 11.8 Å². The van der Waals surface area contributed by atoms with Gasteiger partial charge in [-0.3, -0.25) is 0 Å². The van der Waals surface area contributed by atoms with E-state index in [4.69, 9.17) is 9.15 Å². The number of benzene rings is 1. The highest BCUT2D eigenvalue weighted by Gasteiger charge is 2.04. The highest BCUT2D eigenvalue weighted by molar-refractivity contribution is 7.99. The zero-order valence-corrected chi connectivity index (χ0v) is 12.9. The Kier molecular flexibility index (Phi) is 6.36. The van der Waals surface area contributed by atoms with Crippen LogP contribution in [-0.4, -0.2) is 36.5 Å². The van der Waals surface area contributed by atoms with Gasteiger partial charge in [-0.05, 0) is 38.9 Å². The maximum atomic E-state index is 5.64. The number of aromatic nitrogens is 1. The van der Waals surface area contributed by atoms with Gasteiger partial charge in [-0.25, -0.2) is 4.98 Å². The minimum absolute atomic E-state index is 0.324. The molecule has 20 heavy (non-hydrogen) atoms. The monoisotopic (exact) mass is 294 g/mol. The normalized spacial score (nSPS) is 11.6. The lowest BCUT2D eigenvalue weighted by molar-refractivity contribution is 0.0772. The molecule has 2 rings (SSSR count). The highest BCUT2D eigenvalue weighted by atomic mass is 32.2. The van der Waals surface area contributed by atoms with E-state index < -0.39 is 0 Å². The van der Waals surface area contributed by atoms with Gasteiger partial charge in [0.15, 0.2) is 5.58 Å². The lowest BCUT2D eigenvalue weighted by atomic mass is 10.3. The Bertz CT molecular complexity index is 480. The number of rotatable bonds is 9. The Morgan fingerprint density at radius 1 is 1.30 bits per heavy atom. The van der Waals surface area contributed by atoms with Crippen LogP contribution in [0.4, 0.5) is 0 Å². The van der Waals surface area contributed by atoms with Gasteiger partial charge in [-0.15, -0.1) is 0 Å². The first-order valence-electron chi connectivity index (χ1n) is 7.06. The molecule has 0 aliphatic rings. The number of hydrogen-bond acceptors (Lipinski definition) is 5. The molecule has 0 radical (unpaired) electrons. The lowest BCUT2D eigenvalue weighted by Gasteiger charge is -2.07. The Morgan fingerprint density at radius 3 is 2.95 bits per heavy atom. The van der Waals surface area contributed by atoms with Crippen LogP contribution < -0.4 is 5.32 Å². The van der Waals surface area contributed by atoms with Crippen molar-refractivity contribution in [3.63, 3.8) is 0 Å². The van der Waals surface area contributed by atoms with E-state index in [-0.39, 0.29) is 0 Å². The number of thioether (sulfide) groups is 1. The topological polar surface area (TPSA) is 47.3 Å². The summed E-state index contributed by atoms with van der Waals surface area (Å²) in [6.07, 6.45) is 1.37. The number of nitrogens with one attached hydrogen (secondary N) is 1. The number of hydrogen-bond donors (Lipinski definition) is 1. The van der Waals surface area contributed by atoms with E-state index in [2.05, 4.69) is 24.1 Å². The summed E-state index contributed by atoms with van der Waals surface area (Å²) in [7, 11) is 0. The van der Waals surface area contributed by atoms with E-state index in [0.29, 0.717) is 6.10 Å². The number of ether oxygens (including phenoxy) is 1. The minimum Gasteiger partial charge on any atom is -0.431 e. The summed E-state index contributed by atoms with van der Waals surface area (Å²) in [5, 5.41) is 4.14. The third-order valence-electron chi connectivity index (χ3n) is 2.73. The van der Waals surface area contributed by atoms with Gasteiger partial charge in [0, 0.05) is 18.9 Å². The fourth-order valence-corrected chi connectivity index (χ4v) is 2.50. The molecule has 0 saturated heterocycles. The highest BCUT2D eigenvalue weighted by Crippen LogP contribution is 2.22.